The van der Waals surface area contributed by atoms with Gasteiger partial charge in [-0.25, -0.2) is 0 Å². The summed E-state index contributed by atoms with van der Waals surface area (Å²) in [6.07, 6.45) is 6.57. The van der Waals surface area contributed by atoms with Gasteiger partial charge in [0, 0.05) is 5.41 Å². The van der Waals surface area contributed by atoms with Crippen LogP contribution in [0, 0.1) is 11.3 Å². The van der Waals surface area contributed by atoms with Crippen molar-refractivity contribution in [2.24, 2.45) is 11.3 Å². The molecule has 2 heteroatoms. The molecule has 1 fully saturated rings. The van der Waals surface area contributed by atoms with E-state index in [-0.39, 0.29) is 11.4 Å². The lowest BCUT2D eigenvalue weighted by Crippen LogP contribution is -2.22. The highest BCUT2D eigenvalue weighted by molar-refractivity contribution is 5.71. The van der Waals surface area contributed by atoms with Crippen molar-refractivity contribution in [3.8, 4) is 0 Å². The number of esters is 1. The number of ether oxygens (including phenoxy) is 1. The lowest BCUT2D eigenvalue weighted by atomic mass is 9.78. The zero-order valence-electron chi connectivity index (χ0n) is 9.01. The molecule has 0 aliphatic heterocycles. The average molecular weight is 194 g/mol. The number of carbonyl (C=O) groups excluding carboxylic acids is 1. The predicted molar refractivity (Wildman–Crippen MR) is 54.8 cm³/mol. The molecule has 0 spiro atoms. The van der Waals surface area contributed by atoms with Gasteiger partial charge in [-0.1, -0.05) is 11.6 Å². The first-order valence-electron chi connectivity index (χ1n) is 5.51. The van der Waals surface area contributed by atoms with Crippen LogP contribution < -0.4 is 0 Å². The van der Waals surface area contributed by atoms with Gasteiger partial charge in [-0.05, 0) is 39.0 Å². The van der Waals surface area contributed by atoms with E-state index in [1.54, 1.807) is 0 Å². The Labute approximate surface area is 85.3 Å². The van der Waals surface area contributed by atoms with Gasteiger partial charge < -0.3 is 4.74 Å². The van der Waals surface area contributed by atoms with E-state index in [4.69, 9.17) is 4.74 Å². The van der Waals surface area contributed by atoms with Gasteiger partial charge in [-0.3, -0.25) is 4.79 Å². The molecule has 2 atom stereocenters. The van der Waals surface area contributed by atoms with Crippen LogP contribution in [0.2, 0.25) is 0 Å². The molecular formula is C12H18O2. The van der Waals surface area contributed by atoms with Crippen molar-refractivity contribution in [2.45, 2.75) is 39.5 Å². The molecule has 0 saturated heterocycles. The minimum atomic E-state index is -0.0252. The topological polar surface area (TPSA) is 26.3 Å². The maximum atomic E-state index is 11.5. The molecule has 0 heterocycles. The molecule has 78 valence electrons. The van der Waals surface area contributed by atoms with Gasteiger partial charge in [-0.2, -0.15) is 0 Å². The highest BCUT2D eigenvalue weighted by Gasteiger charge is 2.46. The summed E-state index contributed by atoms with van der Waals surface area (Å²) in [5.74, 6) is 0.715. The second-order valence-corrected chi connectivity index (χ2v) is 4.61. The van der Waals surface area contributed by atoms with Gasteiger partial charge in [0.25, 0.3) is 0 Å². The number of hydrogen-bond acceptors (Lipinski definition) is 2. The molecule has 0 aromatic rings. The summed E-state index contributed by atoms with van der Waals surface area (Å²) < 4.78 is 5.03. The molecule has 1 saturated carbocycles. The molecule has 2 rings (SSSR count). The second kappa shape index (κ2) is 3.41. The second-order valence-electron chi connectivity index (χ2n) is 4.61. The van der Waals surface area contributed by atoms with Crippen molar-refractivity contribution in [3.05, 3.63) is 11.6 Å². The first kappa shape index (κ1) is 9.75. The number of hydrogen-bond donors (Lipinski definition) is 0. The van der Waals surface area contributed by atoms with Crippen LogP contribution in [0.3, 0.4) is 0 Å². The van der Waals surface area contributed by atoms with E-state index in [0.29, 0.717) is 13.0 Å². The van der Waals surface area contributed by atoms with Crippen LogP contribution in [0.4, 0.5) is 0 Å². The zero-order valence-corrected chi connectivity index (χ0v) is 9.01. The first-order valence-corrected chi connectivity index (χ1v) is 5.51. The van der Waals surface area contributed by atoms with Crippen LogP contribution in [0.5, 0.6) is 0 Å². The van der Waals surface area contributed by atoms with Crippen LogP contribution in [0.15, 0.2) is 11.6 Å². The van der Waals surface area contributed by atoms with Crippen molar-refractivity contribution in [3.63, 3.8) is 0 Å². The van der Waals surface area contributed by atoms with Crippen LogP contribution >= 0.6 is 0 Å². The molecule has 2 unspecified atom stereocenters. The number of fused-ring (bicyclic) bond motifs is 2. The highest BCUT2D eigenvalue weighted by Crippen LogP contribution is 2.55. The third-order valence-electron chi connectivity index (χ3n) is 3.76. The van der Waals surface area contributed by atoms with E-state index < -0.39 is 0 Å². The van der Waals surface area contributed by atoms with E-state index in [1.165, 1.54) is 24.8 Å². The summed E-state index contributed by atoms with van der Waals surface area (Å²) in [7, 11) is 0. The Balaban J connectivity index is 2.03. The molecule has 0 amide bonds. The molecule has 2 nitrogen and oxygen atoms in total. The largest absolute Gasteiger partial charge is 0.466 e. The molecule has 2 aliphatic carbocycles. The summed E-state index contributed by atoms with van der Waals surface area (Å²) in [4.78, 5) is 11.5. The van der Waals surface area contributed by atoms with Gasteiger partial charge in [-0.15, -0.1) is 0 Å². The Morgan fingerprint density at radius 3 is 3.00 bits per heavy atom. The molecular weight excluding hydrogens is 176 g/mol. The lowest BCUT2D eigenvalue weighted by molar-refractivity contribution is -0.145. The Kier molecular flexibility index (Phi) is 2.38. The van der Waals surface area contributed by atoms with Crippen LogP contribution in [-0.4, -0.2) is 12.6 Å². The summed E-state index contributed by atoms with van der Waals surface area (Å²) in [5.41, 5.74) is 1.60. The fourth-order valence-electron chi connectivity index (χ4n) is 2.99. The highest BCUT2D eigenvalue weighted by atomic mass is 16.5. The fourth-order valence-corrected chi connectivity index (χ4v) is 2.99. The van der Waals surface area contributed by atoms with E-state index in [1.807, 2.05) is 6.92 Å². The molecule has 0 aromatic carbocycles. The summed E-state index contributed by atoms with van der Waals surface area (Å²) in [6.45, 7) is 4.53. The van der Waals surface area contributed by atoms with Gasteiger partial charge in [0.1, 0.15) is 0 Å². The van der Waals surface area contributed by atoms with E-state index in [2.05, 4.69) is 13.0 Å². The fraction of sp³-hybridized carbons (Fsp3) is 0.750. The summed E-state index contributed by atoms with van der Waals surface area (Å²) in [6, 6.07) is 0. The van der Waals surface area contributed by atoms with Gasteiger partial charge in [0.2, 0.25) is 0 Å². The lowest BCUT2D eigenvalue weighted by Gasteiger charge is -2.27. The Morgan fingerprint density at radius 2 is 2.50 bits per heavy atom. The summed E-state index contributed by atoms with van der Waals surface area (Å²) in [5, 5.41) is 0. The molecule has 0 aromatic heterocycles. The molecule has 14 heavy (non-hydrogen) atoms. The van der Waals surface area contributed by atoms with Crippen molar-refractivity contribution in [2.75, 3.05) is 6.61 Å². The smallest absolute Gasteiger partial charge is 0.306 e. The minimum absolute atomic E-state index is 0.0252. The maximum Gasteiger partial charge on any atom is 0.306 e. The number of allylic oxidation sites excluding steroid dienone is 2. The van der Waals surface area contributed by atoms with E-state index in [0.717, 1.165) is 5.92 Å². The third-order valence-corrected chi connectivity index (χ3v) is 3.76. The van der Waals surface area contributed by atoms with Gasteiger partial charge >= 0.3 is 5.97 Å². The van der Waals surface area contributed by atoms with Crippen LogP contribution in [0.25, 0.3) is 0 Å². The quantitative estimate of drug-likeness (QED) is 0.510. The Bertz CT molecular complexity index is 280. The number of rotatable bonds is 3. The average Bonchev–Trinajstić information content (AvgIpc) is 2.61. The van der Waals surface area contributed by atoms with E-state index >= 15 is 0 Å². The van der Waals surface area contributed by atoms with Gasteiger partial charge in [0.05, 0.1) is 13.0 Å². The van der Waals surface area contributed by atoms with Crippen molar-refractivity contribution < 1.29 is 9.53 Å². The first-order chi connectivity index (χ1) is 6.66. The predicted octanol–water partition coefficient (Wildman–Crippen LogP) is 2.69. The molecule has 2 aliphatic rings. The maximum absolute atomic E-state index is 11.5. The van der Waals surface area contributed by atoms with Crippen molar-refractivity contribution in [1.82, 2.24) is 0 Å². The zero-order chi connectivity index (χ0) is 10.2. The Hall–Kier alpha value is -0.790. The van der Waals surface area contributed by atoms with E-state index in [9.17, 15) is 4.79 Å². The standard InChI is InChI=1S/C12H18O2/c1-3-14-11(13)8-12-5-4-10(7-12)6-9(12)2/h6,10H,3-5,7-8H2,1-2H3. The van der Waals surface area contributed by atoms with Crippen molar-refractivity contribution in [1.29, 1.82) is 0 Å². The number of carbonyl (C=O) groups is 1. The van der Waals surface area contributed by atoms with Crippen LogP contribution in [0.1, 0.15) is 39.5 Å². The SMILES string of the molecule is CCOC(=O)CC12CCC(C=C1C)C2. The molecule has 2 bridgehead atoms. The molecule has 0 N–H and O–H groups in total. The Morgan fingerprint density at radius 1 is 1.71 bits per heavy atom. The van der Waals surface area contributed by atoms with Crippen LogP contribution in [-0.2, 0) is 9.53 Å². The monoisotopic (exact) mass is 194 g/mol. The molecule has 0 radical (unpaired) electrons. The van der Waals surface area contributed by atoms with Gasteiger partial charge in [0.15, 0.2) is 0 Å². The third kappa shape index (κ3) is 1.47. The normalized spacial score (nSPS) is 34.4. The van der Waals surface area contributed by atoms with Crippen molar-refractivity contribution >= 4 is 5.97 Å². The minimum Gasteiger partial charge on any atom is -0.466 e. The summed E-state index contributed by atoms with van der Waals surface area (Å²) >= 11 is 0.